The van der Waals surface area contributed by atoms with Crippen LogP contribution in [0, 0.1) is 0 Å². The van der Waals surface area contributed by atoms with Crippen molar-refractivity contribution in [2.75, 3.05) is 13.1 Å². The molecule has 0 N–H and O–H groups in total. The first kappa shape index (κ1) is 19.0. The fourth-order valence-electron chi connectivity index (χ4n) is 3.36. The molecule has 0 bridgehead atoms. The van der Waals surface area contributed by atoms with E-state index in [0.717, 1.165) is 52.9 Å². The highest BCUT2D eigenvalue weighted by molar-refractivity contribution is 7.98. The van der Waals surface area contributed by atoms with Gasteiger partial charge in [-0.3, -0.25) is 9.36 Å². The second-order valence-electron chi connectivity index (χ2n) is 6.63. The van der Waals surface area contributed by atoms with E-state index in [9.17, 15) is 4.79 Å². The summed E-state index contributed by atoms with van der Waals surface area (Å²) in [5, 5.41) is 11.7. The molecule has 0 atom stereocenters. The summed E-state index contributed by atoms with van der Waals surface area (Å²) < 4.78 is 2.08. The smallest absolute Gasteiger partial charge is 0.254 e. The molecule has 0 saturated carbocycles. The lowest BCUT2D eigenvalue weighted by Gasteiger charge is -2.17. The minimum absolute atomic E-state index is 0.139. The molecule has 144 valence electrons. The van der Waals surface area contributed by atoms with Crippen molar-refractivity contribution in [1.82, 2.24) is 19.7 Å². The third kappa shape index (κ3) is 3.91. The Morgan fingerprint density at radius 3 is 2.75 bits per heavy atom. The predicted molar refractivity (Wildman–Crippen MR) is 115 cm³/mol. The Morgan fingerprint density at radius 1 is 1.18 bits per heavy atom. The number of likely N-dealkylation sites (tertiary alicyclic amines) is 1. The van der Waals surface area contributed by atoms with E-state index < -0.39 is 0 Å². The van der Waals surface area contributed by atoms with Gasteiger partial charge in [0.25, 0.3) is 5.91 Å². The van der Waals surface area contributed by atoms with Crippen LogP contribution in [0.15, 0.2) is 59.6 Å². The molecule has 1 aliphatic heterocycles. The lowest BCUT2D eigenvalue weighted by Crippen LogP contribution is -2.28. The number of thiophene rings is 1. The quantitative estimate of drug-likeness (QED) is 0.418. The van der Waals surface area contributed by atoms with Crippen molar-refractivity contribution in [3.05, 3.63) is 65.6 Å². The standard InChI is InChI=1S/C21H22N4OS2/c1-2-11-25-19(18-10-7-14-27-18)22-23-21(25)28-15-16-8-3-4-9-17(16)20(26)24-12-5-6-13-24/h2-4,7-10,14H,1,5-6,11-13,15H2. The van der Waals surface area contributed by atoms with Crippen LogP contribution in [-0.2, 0) is 12.3 Å². The van der Waals surface area contributed by atoms with Gasteiger partial charge in [0.1, 0.15) is 0 Å². The predicted octanol–water partition coefficient (Wildman–Crippen LogP) is 4.72. The van der Waals surface area contributed by atoms with Crippen LogP contribution < -0.4 is 0 Å². The number of nitrogens with zero attached hydrogens (tertiary/aromatic N) is 4. The molecule has 7 heteroatoms. The number of hydrogen-bond donors (Lipinski definition) is 0. The van der Waals surface area contributed by atoms with Crippen LogP contribution >= 0.6 is 23.1 Å². The number of aromatic nitrogens is 3. The molecule has 3 aromatic rings. The van der Waals surface area contributed by atoms with Crippen molar-refractivity contribution in [2.24, 2.45) is 0 Å². The van der Waals surface area contributed by atoms with Gasteiger partial charge >= 0.3 is 0 Å². The molecule has 4 rings (SSSR count). The zero-order valence-electron chi connectivity index (χ0n) is 15.6. The topological polar surface area (TPSA) is 51.0 Å². The number of thioether (sulfide) groups is 1. The molecule has 1 fully saturated rings. The van der Waals surface area contributed by atoms with Crippen LogP contribution in [0.4, 0.5) is 0 Å². The summed E-state index contributed by atoms with van der Waals surface area (Å²) in [7, 11) is 0. The average molecular weight is 411 g/mol. The Morgan fingerprint density at radius 2 is 2.00 bits per heavy atom. The maximum atomic E-state index is 12.9. The summed E-state index contributed by atoms with van der Waals surface area (Å²) >= 11 is 3.26. The number of carbonyl (C=O) groups excluding carboxylic acids is 1. The minimum atomic E-state index is 0.139. The van der Waals surface area contributed by atoms with E-state index in [4.69, 9.17) is 0 Å². The second kappa shape index (κ2) is 8.75. The molecule has 2 aromatic heterocycles. The Kier molecular flexibility index (Phi) is 5.92. The molecule has 5 nitrogen and oxygen atoms in total. The Bertz CT molecular complexity index is 959. The third-order valence-corrected chi connectivity index (χ3v) is 6.65. The van der Waals surface area contributed by atoms with Gasteiger partial charge in [-0.2, -0.15) is 0 Å². The molecule has 1 aliphatic rings. The minimum Gasteiger partial charge on any atom is -0.339 e. The summed E-state index contributed by atoms with van der Waals surface area (Å²) in [5.74, 6) is 1.68. The molecule has 1 aromatic carbocycles. The van der Waals surface area contributed by atoms with E-state index in [0.29, 0.717) is 12.3 Å². The fraction of sp³-hybridized carbons (Fsp3) is 0.286. The van der Waals surface area contributed by atoms with Gasteiger partial charge in [0.15, 0.2) is 11.0 Å². The van der Waals surface area contributed by atoms with Gasteiger partial charge in [0.2, 0.25) is 0 Å². The van der Waals surface area contributed by atoms with Gasteiger partial charge in [0.05, 0.1) is 4.88 Å². The van der Waals surface area contributed by atoms with Crippen molar-refractivity contribution in [3.63, 3.8) is 0 Å². The Labute approximate surface area is 173 Å². The molecular formula is C21H22N4OS2. The number of amides is 1. The first-order chi connectivity index (χ1) is 13.8. The lowest BCUT2D eigenvalue weighted by molar-refractivity contribution is 0.0792. The molecule has 3 heterocycles. The van der Waals surface area contributed by atoms with Gasteiger partial charge in [-0.15, -0.1) is 28.1 Å². The number of hydrogen-bond acceptors (Lipinski definition) is 5. The fourth-order valence-corrected chi connectivity index (χ4v) is 5.03. The maximum Gasteiger partial charge on any atom is 0.254 e. The van der Waals surface area contributed by atoms with Crippen LogP contribution in [0.3, 0.4) is 0 Å². The van der Waals surface area contributed by atoms with Gasteiger partial charge in [0, 0.05) is 31.0 Å². The molecule has 0 aliphatic carbocycles. The van der Waals surface area contributed by atoms with Crippen LogP contribution in [0.5, 0.6) is 0 Å². The van der Waals surface area contributed by atoms with Gasteiger partial charge < -0.3 is 4.90 Å². The first-order valence-corrected chi connectivity index (χ1v) is 11.2. The molecular weight excluding hydrogens is 388 g/mol. The van der Waals surface area contributed by atoms with Crippen LogP contribution in [-0.4, -0.2) is 38.7 Å². The highest BCUT2D eigenvalue weighted by Gasteiger charge is 2.22. The highest BCUT2D eigenvalue weighted by atomic mass is 32.2. The summed E-state index contributed by atoms with van der Waals surface area (Å²) in [6.45, 7) is 6.23. The van der Waals surface area contributed by atoms with E-state index in [-0.39, 0.29) is 5.91 Å². The summed E-state index contributed by atoms with van der Waals surface area (Å²) in [6.07, 6.45) is 4.05. The average Bonchev–Trinajstić information content (AvgIpc) is 3.48. The zero-order valence-corrected chi connectivity index (χ0v) is 17.2. The number of benzene rings is 1. The summed E-state index contributed by atoms with van der Waals surface area (Å²) in [4.78, 5) is 15.9. The number of rotatable bonds is 7. The van der Waals surface area contributed by atoms with Gasteiger partial charge in [-0.1, -0.05) is 42.1 Å². The summed E-state index contributed by atoms with van der Waals surface area (Å²) in [5.41, 5.74) is 1.83. The molecule has 0 spiro atoms. The van der Waals surface area contributed by atoms with E-state index in [1.165, 1.54) is 0 Å². The largest absolute Gasteiger partial charge is 0.339 e. The summed E-state index contributed by atoms with van der Waals surface area (Å²) in [6, 6.07) is 12.0. The van der Waals surface area contributed by atoms with Crippen molar-refractivity contribution in [3.8, 4) is 10.7 Å². The molecule has 0 radical (unpaired) electrons. The van der Waals surface area contributed by atoms with Gasteiger partial charge in [-0.25, -0.2) is 0 Å². The van der Waals surface area contributed by atoms with Crippen LogP contribution in [0.2, 0.25) is 0 Å². The van der Waals surface area contributed by atoms with Gasteiger partial charge in [-0.05, 0) is 35.9 Å². The van der Waals surface area contributed by atoms with E-state index >= 15 is 0 Å². The highest BCUT2D eigenvalue weighted by Crippen LogP contribution is 2.30. The number of carbonyl (C=O) groups is 1. The van der Waals surface area contributed by atoms with Crippen molar-refractivity contribution in [2.45, 2.75) is 30.3 Å². The van der Waals surface area contributed by atoms with E-state index in [1.54, 1.807) is 23.1 Å². The molecule has 1 saturated heterocycles. The van der Waals surface area contributed by atoms with Crippen LogP contribution in [0.1, 0.15) is 28.8 Å². The molecule has 1 amide bonds. The van der Waals surface area contributed by atoms with E-state index in [2.05, 4.69) is 21.3 Å². The maximum absolute atomic E-state index is 12.9. The zero-order chi connectivity index (χ0) is 19.3. The molecule has 0 unspecified atom stereocenters. The monoisotopic (exact) mass is 410 g/mol. The lowest BCUT2D eigenvalue weighted by atomic mass is 10.1. The third-order valence-electron chi connectivity index (χ3n) is 4.77. The normalized spacial score (nSPS) is 13.8. The molecule has 28 heavy (non-hydrogen) atoms. The number of allylic oxidation sites excluding steroid dienone is 1. The van der Waals surface area contributed by atoms with E-state index in [1.807, 2.05) is 52.8 Å². The second-order valence-corrected chi connectivity index (χ2v) is 8.52. The Hall–Kier alpha value is -2.38. The van der Waals surface area contributed by atoms with Crippen molar-refractivity contribution in [1.29, 1.82) is 0 Å². The van der Waals surface area contributed by atoms with Crippen molar-refractivity contribution < 1.29 is 4.79 Å². The first-order valence-electron chi connectivity index (χ1n) is 9.36. The van der Waals surface area contributed by atoms with Crippen LogP contribution in [0.25, 0.3) is 10.7 Å². The Balaban J connectivity index is 1.55. The van der Waals surface area contributed by atoms with Crippen molar-refractivity contribution >= 4 is 29.0 Å². The SMILES string of the molecule is C=CCn1c(SCc2ccccc2C(=O)N2CCCC2)nnc1-c1cccs1.